The number of hydrogen-bond acceptors (Lipinski definition) is 4. The second-order valence-corrected chi connectivity index (χ2v) is 4.14. The predicted octanol–water partition coefficient (Wildman–Crippen LogP) is 1.05. The Balaban J connectivity index is 2.12. The Hall–Kier alpha value is -2.70. The second kappa shape index (κ2) is 4.20. The highest BCUT2D eigenvalue weighted by molar-refractivity contribution is 5.70. The van der Waals surface area contributed by atoms with Gasteiger partial charge in [-0.2, -0.15) is 4.98 Å². The van der Waals surface area contributed by atoms with E-state index in [9.17, 15) is 4.79 Å². The Morgan fingerprint density at radius 2 is 2.26 bits per heavy atom. The molecule has 0 aliphatic rings. The second-order valence-electron chi connectivity index (χ2n) is 4.14. The first-order valence-electron chi connectivity index (χ1n) is 5.72. The molecule has 0 saturated carbocycles. The standard InChI is InChI=1S/C12H11N5O2/c1-7-9(6-10(18)19)17-12(14-7)15-11(16-17)8-4-2-3-5-13-8/h2-5H,6H2,1H3,(H,18,19)(H,14,15,16). The monoisotopic (exact) mass is 257 g/mol. The van der Waals surface area contributed by atoms with E-state index in [0.717, 1.165) is 0 Å². The van der Waals surface area contributed by atoms with E-state index in [1.54, 1.807) is 17.6 Å². The maximum absolute atomic E-state index is 10.9. The highest BCUT2D eigenvalue weighted by atomic mass is 16.4. The molecule has 0 bridgehead atoms. The maximum atomic E-state index is 10.9. The molecule has 19 heavy (non-hydrogen) atoms. The number of carboxylic acid groups (broad SMARTS) is 1. The van der Waals surface area contributed by atoms with Crippen molar-refractivity contribution >= 4 is 11.7 Å². The van der Waals surface area contributed by atoms with E-state index in [1.807, 2.05) is 18.2 Å². The van der Waals surface area contributed by atoms with Gasteiger partial charge in [0.25, 0.3) is 5.78 Å². The molecule has 0 aliphatic heterocycles. The van der Waals surface area contributed by atoms with Gasteiger partial charge in [0.1, 0.15) is 5.69 Å². The molecule has 0 unspecified atom stereocenters. The van der Waals surface area contributed by atoms with Gasteiger partial charge in [-0.15, -0.1) is 0 Å². The summed E-state index contributed by atoms with van der Waals surface area (Å²) >= 11 is 0. The summed E-state index contributed by atoms with van der Waals surface area (Å²) in [6, 6.07) is 5.50. The van der Waals surface area contributed by atoms with Gasteiger partial charge in [0.15, 0.2) is 5.82 Å². The van der Waals surface area contributed by atoms with E-state index in [-0.39, 0.29) is 6.42 Å². The number of aromatic amines is 1. The number of nitrogens with zero attached hydrogens (tertiary/aromatic N) is 4. The Morgan fingerprint density at radius 1 is 1.42 bits per heavy atom. The Labute approximate surface area is 107 Å². The van der Waals surface area contributed by atoms with Crippen molar-refractivity contribution in [3.05, 3.63) is 35.8 Å². The highest BCUT2D eigenvalue weighted by Crippen LogP contribution is 2.16. The lowest BCUT2D eigenvalue weighted by atomic mass is 10.3. The zero-order chi connectivity index (χ0) is 13.4. The lowest BCUT2D eigenvalue weighted by Gasteiger charge is -1.97. The average Bonchev–Trinajstić information content (AvgIpc) is 2.90. The molecule has 3 aromatic heterocycles. The van der Waals surface area contributed by atoms with Crippen molar-refractivity contribution in [1.82, 2.24) is 24.6 Å². The van der Waals surface area contributed by atoms with Crippen LogP contribution in [0.1, 0.15) is 11.4 Å². The molecule has 0 saturated heterocycles. The fourth-order valence-corrected chi connectivity index (χ4v) is 1.94. The van der Waals surface area contributed by atoms with Crippen LogP contribution in [-0.4, -0.2) is 35.6 Å². The molecule has 2 N–H and O–H groups in total. The van der Waals surface area contributed by atoms with Gasteiger partial charge in [0.2, 0.25) is 0 Å². The van der Waals surface area contributed by atoms with Crippen molar-refractivity contribution in [1.29, 1.82) is 0 Å². The molecule has 3 heterocycles. The molecule has 0 atom stereocenters. The van der Waals surface area contributed by atoms with Gasteiger partial charge in [-0.25, -0.2) is 9.50 Å². The number of aryl methyl sites for hydroxylation is 1. The van der Waals surface area contributed by atoms with Crippen molar-refractivity contribution in [2.45, 2.75) is 13.3 Å². The first-order chi connectivity index (χ1) is 9.15. The van der Waals surface area contributed by atoms with Crippen LogP contribution in [0.3, 0.4) is 0 Å². The number of aliphatic carboxylic acids is 1. The molecular weight excluding hydrogens is 246 g/mol. The predicted molar refractivity (Wildman–Crippen MR) is 66.6 cm³/mol. The number of imidazole rings is 1. The molecule has 0 amide bonds. The minimum atomic E-state index is -0.904. The molecule has 3 rings (SSSR count). The van der Waals surface area contributed by atoms with Gasteiger partial charge in [0, 0.05) is 6.20 Å². The summed E-state index contributed by atoms with van der Waals surface area (Å²) in [6.45, 7) is 1.77. The van der Waals surface area contributed by atoms with Gasteiger partial charge in [-0.1, -0.05) is 6.07 Å². The van der Waals surface area contributed by atoms with Gasteiger partial charge >= 0.3 is 5.97 Å². The zero-order valence-corrected chi connectivity index (χ0v) is 10.2. The van der Waals surface area contributed by atoms with E-state index in [4.69, 9.17) is 5.11 Å². The van der Waals surface area contributed by atoms with Crippen LogP contribution in [0.4, 0.5) is 0 Å². The molecule has 7 heteroatoms. The zero-order valence-electron chi connectivity index (χ0n) is 10.2. The van der Waals surface area contributed by atoms with Crippen molar-refractivity contribution < 1.29 is 9.90 Å². The molecular formula is C12H11N5O2. The number of aromatic nitrogens is 5. The smallest absolute Gasteiger partial charge is 0.309 e. The summed E-state index contributed by atoms with van der Waals surface area (Å²) < 4.78 is 1.59. The normalized spacial score (nSPS) is 11.0. The minimum Gasteiger partial charge on any atom is -0.481 e. The molecule has 0 spiro atoms. The van der Waals surface area contributed by atoms with E-state index in [2.05, 4.69) is 20.1 Å². The molecule has 7 nitrogen and oxygen atoms in total. The third kappa shape index (κ3) is 1.95. The molecule has 3 aromatic rings. The molecule has 0 aromatic carbocycles. The lowest BCUT2D eigenvalue weighted by Crippen LogP contribution is -2.05. The summed E-state index contributed by atoms with van der Waals surface area (Å²) in [4.78, 5) is 23.6. The van der Waals surface area contributed by atoms with Gasteiger partial charge in [-0.3, -0.25) is 14.9 Å². The van der Waals surface area contributed by atoms with Crippen LogP contribution in [0.15, 0.2) is 24.4 Å². The van der Waals surface area contributed by atoms with E-state index < -0.39 is 5.97 Å². The topological polar surface area (TPSA) is 96.2 Å². The summed E-state index contributed by atoms with van der Waals surface area (Å²) in [7, 11) is 0. The summed E-state index contributed by atoms with van der Waals surface area (Å²) in [5.41, 5.74) is 1.94. The third-order valence-corrected chi connectivity index (χ3v) is 2.81. The molecule has 0 radical (unpaired) electrons. The molecule has 0 aliphatic carbocycles. The fourth-order valence-electron chi connectivity index (χ4n) is 1.94. The van der Waals surface area contributed by atoms with Crippen LogP contribution in [0.2, 0.25) is 0 Å². The first kappa shape index (κ1) is 11.4. The number of hydrogen-bond donors (Lipinski definition) is 2. The van der Waals surface area contributed by atoms with Crippen LogP contribution in [-0.2, 0) is 11.2 Å². The van der Waals surface area contributed by atoms with Gasteiger partial charge in [0.05, 0.1) is 17.8 Å². The average molecular weight is 257 g/mol. The third-order valence-electron chi connectivity index (χ3n) is 2.81. The quantitative estimate of drug-likeness (QED) is 0.731. The van der Waals surface area contributed by atoms with Crippen LogP contribution in [0.5, 0.6) is 0 Å². The Kier molecular flexibility index (Phi) is 2.52. The van der Waals surface area contributed by atoms with Crippen LogP contribution < -0.4 is 0 Å². The van der Waals surface area contributed by atoms with Crippen molar-refractivity contribution in [2.75, 3.05) is 0 Å². The molecule has 96 valence electrons. The number of rotatable bonds is 3. The van der Waals surface area contributed by atoms with Crippen LogP contribution in [0.25, 0.3) is 17.3 Å². The van der Waals surface area contributed by atoms with Crippen LogP contribution >= 0.6 is 0 Å². The van der Waals surface area contributed by atoms with E-state index in [0.29, 0.717) is 28.7 Å². The first-order valence-corrected chi connectivity index (χ1v) is 5.72. The number of pyridine rings is 1. The van der Waals surface area contributed by atoms with Crippen molar-refractivity contribution in [3.8, 4) is 11.5 Å². The van der Waals surface area contributed by atoms with Gasteiger partial charge < -0.3 is 5.11 Å². The largest absolute Gasteiger partial charge is 0.481 e. The summed E-state index contributed by atoms with van der Waals surface area (Å²) in [5, 5.41) is 11.9. The lowest BCUT2D eigenvalue weighted by molar-refractivity contribution is -0.136. The van der Waals surface area contributed by atoms with E-state index >= 15 is 0 Å². The number of H-pyrrole nitrogens is 1. The Morgan fingerprint density at radius 3 is 2.95 bits per heavy atom. The summed E-state index contributed by atoms with van der Waals surface area (Å²) in [6.07, 6.45) is 1.57. The summed E-state index contributed by atoms with van der Waals surface area (Å²) in [5.74, 6) is 0.114. The van der Waals surface area contributed by atoms with Crippen molar-refractivity contribution in [3.63, 3.8) is 0 Å². The van der Waals surface area contributed by atoms with Crippen LogP contribution in [0, 0.1) is 6.92 Å². The minimum absolute atomic E-state index is 0.100. The Bertz CT molecular complexity index is 744. The fraction of sp³-hybridized carbons (Fsp3) is 0.167. The molecule has 0 fully saturated rings. The highest BCUT2D eigenvalue weighted by Gasteiger charge is 2.16. The van der Waals surface area contributed by atoms with E-state index in [1.165, 1.54) is 0 Å². The number of fused-ring (bicyclic) bond motifs is 1. The van der Waals surface area contributed by atoms with Gasteiger partial charge in [-0.05, 0) is 19.1 Å². The number of carbonyl (C=O) groups is 1. The van der Waals surface area contributed by atoms with Crippen molar-refractivity contribution in [2.24, 2.45) is 0 Å². The number of nitrogens with one attached hydrogen (secondary N) is 1. The SMILES string of the molecule is Cc1nc2nc(-c3ccccn3)[nH]n2c1CC(=O)O. The number of carboxylic acids is 1. The maximum Gasteiger partial charge on any atom is 0.309 e.